The SMILES string of the molecule is CC(CCCO)n1nnc(CC#N)c1C1CC1. The summed E-state index contributed by atoms with van der Waals surface area (Å²) in [6.07, 6.45) is 4.37. The van der Waals surface area contributed by atoms with Crippen LogP contribution in [0.4, 0.5) is 0 Å². The van der Waals surface area contributed by atoms with E-state index in [0.717, 1.165) is 24.2 Å². The van der Waals surface area contributed by atoms with Crippen LogP contribution in [0.1, 0.15) is 56.0 Å². The van der Waals surface area contributed by atoms with Gasteiger partial charge >= 0.3 is 0 Å². The monoisotopic (exact) mass is 234 g/mol. The molecule has 1 aromatic rings. The Balaban J connectivity index is 2.18. The van der Waals surface area contributed by atoms with Crippen molar-refractivity contribution in [2.75, 3.05) is 6.61 Å². The van der Waals surface area contributed by atoms with Gasteiger partial charge in [-0.1, -0.05) is 5.21 Å². The molecule has 1 fully saturated rings. The average Bonchev–Trinajstić information content (AvgIpc) is 3.08. The summed E-state index contributed by atoms with van der Waals surface area (Å²) in [5, 5.41) is 25.9. The van der Waals surface area contributed by atoms with Crippen LogP contribution in [0.2, 0.25) is 0 Å². The Morgan fingerprint density at radius 2 is 2.35 bits per heavy atom. The smallest absolute Gasteiger partial charge is 0.100 e. The molecule has 0 aromatic carbocycles. The number of hydrogen-bond acceptors (Lipinski definition) is 4. The Morgan fingerprint density at radius 1 is 1.59 bits per heavy atom. The van der Waals surface area contributed by atoms with E-state index in [2.05, 4.69) is 23.3 Å². The van der Waals surface area contributed by atoms with Crippen molar-refractivity contribution in [2.24, 2.45) is 0 Å². The van der Waals surface area contributed by atoms with Crippen LogP contribution in [0.25, 0.3) is 0 Å². The number of nitriles is 1. The maximum atomic E-state index is 8.85. The summed E-state index contributed by atoms with van der Waals surface area (Å²) in [5.74, 6) is 0.546. The van der Waals surface area contributed by atoms with E-state index in [-0.39, 0.29) is 12.6 Å². The zero-order valence-corrected chi connectivity index (χ0v) is 10.1. The van der Waals surface area contributed by atoms with Gasteiger partial charge < -0.3 is 5.11 Å². The minimum Gasteiger partial charge on any atom is -0.396 e. The highest BCUT2D eigenvalue weighted by atomic mass is 16.2. The molecule has 0 radical (unpaired) electrons. The molecular formula is C12H18N4O. The molecule has 0 bridgehead atoms. The topological polar surface area (TPSA) is 74.7 Å². The maximum Gasteiger partial charge on any atom is 0.100 e. The summed E-state index contributed by atoms with van der Waals surface area (Å²) in [7, 11) is 0. The normalized spacial score (nSPS) is 16.8. The number of aromatic nitrogens is 3. The van der Waals surface area contributed by atoms with E-state index in [1.54, 1.807) is 0 Å². The molecule has 1 aliphatic carbocycles. The molecule has 2 rings (SSSR count). The van der Waals surface area contributed by atoms with E-state index in [9.17, 15) is 0 Å². The van der Waals surface area contributed by atoms with Crippen LogP contribution in [0.15, 0.2) is 0 Å². The van der Waals surface area contributed by atoms with Crippen LogP contribution < -0.4 is 0 Å². The zero-order valence-electron chi connectivity index (χ0n) is 10.1. The van der Waals surface area contributed by atoms with E-state index in [1.807, 2.05) is 4.68 Å². The third-order valence-corrected chi connectivity index (χ3v) is 3.21. The first-order valence-corrected chi connectivity index (χ1v) is 6.19. The van der Waals surface area contributed by atoms with Crippen LogP contribution >= 0.6 is 0 Å². The lowest BCUT2D eigenvalue weighted by molar-refractivity contribution is 0.269. The number of rotatable bonds is 6. The van der Waals surface area contributed by atoms with Crippen molar-refractivity contribution in [2.45, 2.75) is 51.0 Å². The first kappa shape index (κ1) is 12.1. The minimum absolute atomic E-state index is 0.211. The predicted molar refractivity (Wildman–Crippen MR) is 62.3 cm³/mol. The quantitative estimate of drug-likeness (QED) is 0.810. The van der Waals surface area contributed by atoms with Crippen LogP contribution in [0.5, 0.6) is 0 Å². The van der Waals surface area contributed by atoms with Gasteiger partial charge in [0.15, 0.2) is 0 Å². The maximum absolute atomic E-state index is 8.85. The third-order valence-electron chi connectivity index (χ3n) is 3.21. The zero-order chi connectivity index (χ0) is 12.3. The summed E-state index contributed by atoms with van der Waals surface area (Å²) in [6, 6.07) is 2.39. The van der Waals surface area contributed by atoms with Crippen molar-refractivity contribution in [3.63, 3.8) is 0 Å². The van der Waals surface area contributed by atoms with Crippen molar-refractivity contribution in [1.82, 2.24) is 15.0 Å². The highest BCUT2D eigenvalue weighted by Crippen LogP contribution is 2.42. The minimum atomic E-state index is 0.211. The van der Waals surface area contributed by atoms with Gasteiger partial charge in [0.25, 0.3) is 0 Å². The van der Waals surface area contributed by atoms with E-state index in [0.29, 0.717) is 12.3 Å². The molecule has 0 aliphatic heterocycles. The van der Waals surface area contributed by atoms with Gasteiger partial charge in [-0.15, -0.1) is 5.10 Å². The van der Waals surface area contributed by atoms with Gasteiger partial charge in [-0.05, 0) is 32.6 Å². The lowest BCUT2D eigenvalue weighted by Gasteiger charge is -2.14. The number of hydrogen-bond donors (Lipinski definition) is 1. The highest BCUT2D eigenvalue weighted by molar-refractivity contribution is 5.23. The molecule has 1 unspecified atom stereocenters. The average molecular weight is 234 g/mol. The first-order chi connectivity index (χ1) is 8.27. The number of aliphatic hydroxyl groups is 1. The Kier molecular flexibility index (Phi) is 3.75. The van der Waals surface area contributed by atoms with Gasteiger partial charge in [0.2, 0.25) is 0 Å². The molecule has 92 valence electrons. The van der Waals surface area contributed by atoms with E-state index >= 15 is 0 Å². The van der Waals surface area contributed by atoms with Gasteiger partial charge in [-0.3, -0.25) is 0 Å². The molecule has 0 spiro atoms. The molecule has 0 saturated heterocycles. The van der Waals surface area contributed by atoms with Crippen LogP contribution in [0, 0.1) is 11.3 Å². The van der Waals surface area contributed by atoms with Gasteiger partial charge in [-0.25, -0.2) is 4.68 Å². The standard InChI is InChI=1S/C12H18N4O/c1-9(3-2-8-17)16-12(10-4-5-10)11(6-7-13)14-15-16/h9-10,17H,2-6,8H2,1H3. The second-order valence-corrected chi connectivity index (χ2v) is 4.69. The molecule has 1 atom stereocenters. The predicted octanol–water partition coefficient (Wildman–Crippen LogP) is 1.56. The summed E-state index contributed by atoms with van der Waals surface area (Å²) < 4.78 is 1.96. The van der Waals surface area contributed by atoms with E-state index < -0.39 is 0 Å². The fourth-order valence-corrected chi connectivity index (χ4v) is 2.15. The fraction of sp³-hybridized carbons (Fsp3) is 0.750. The van der Waals surface area contributed by atoms with Crippen molar-refractivity contribution in [1.29, 1.82) is 5.26 Å². The van der Waals surface area contributed by atoms with Crippen molar-refractivity contribution in [3.8, 4) is 6.07 Å². The third kappa shape index (κ3) is 2.64. The largest absolute Gasteiger partial charge is 0.396 e. The van der Waals surface area contributed by atoms with Crippen molar-refractivity contribution >= 4 is 0 Å². The molecule has 5 nitrogen and oxygen atoms in total. The highest BCUT2D eigenvalue weighted by Gasteiger charge is 2.32. The summed E-state index contributed by atoms with van der Waals surface area (Å²) in [4.78, 5) is 0. The Bertz CT molecular complexity index is 417. The molecule has 1 saturated carbocycles. The molecule has 1 aliphatic rings. The molecule has 1 heterocycles. The molecule has 0 amide bonds. The van der Waals surface area contributed by atoms with Gasteiger partial charge in [0, 0.05) is 12.5 Å². The van der Waals surface area contributed by atoms with Gasteiger partial charge in [0.1, 0.15) is 5.69 Å². The van der Waals surface area contributed by atoms with Gasteiger partial charge in [0.05, 0.1) is 24.2 Å². The Hall–Kier alpha value is -1.41. The van der Waals surface area contributed by atoms with Crippen molar-refractivity contribution < 1.29 is 5.11 Å². The van der Waals surface area contributed by atoms with Crippen LogP contribution in [0.3, 0.4) is 0 Å². The second-order valence-electron chi connectivity index (χ2n) is 4.69. The van der Waals surface area contributed by atoms with Crippen molar-refractivity contribution in [3.05, 3.63) is 11.4 Å². The van der Waals surface area contributed by atoms with Crippen LogP contribution in [-0.4, -0.2) is 26.7 Å². The Morgan fingerprint density at radius 3 is 2.94 bits per heavy atom. The molecule has 17 heavy (non-hydrogen) atoms. The van der Waals surface area contributed by atoms with Gasteiger partial charge in [-0.2, -0.15) is 5.26 Å². The molecule has 1 N–H and O–H groups in total. The number of nitrogens with zero attached hydrogens (tertiary/aromatic N) is 4. The lowest BCUT2D eigenvalue weighted by atomic mass is 10.1. The summed E-state index contributed by atoms with van der Waals surface area (Å²) in [6.45, 7) is 2.30. The fourth-order valence-electron chi connectivity index (χ4n) is 2.15. The second kappa shape index (κ2) is 5.28. The number of aliphatic hydroxyl groups excluding tert-OH is 1. The van der Waals surface area contributed by atoms with E-state index in [4.69, 9.17) is 10.4 Å². The van der Waals surface area contributed by atoms with E-state index in [1.165, 1.54) is 12.8 Å². The lowest BCUT2D eigenvalue weighted by Crippen LogP contribution is -2.11. The van der Waals surface area contributed by atoms with Crippen LogP contribution in [-0.2, 0) is 6.42 Å². The molecular weight excluding hydrogens is 216 g/mol. The first-order valence-electron chi connectivity index (χ1n) is 6.19. The summed E-state index contributed by atoms with van der Waals surface area (Å²) in [5.41, 5.74) is 1.99. The molecule has 5 heteroatoms. The summed E-state index contributed by atoms with van der Waals surface area (Å²) >= 11 is 0. The Labute approximate surface area is 101 Å². The molecule has 1 aromatic heterocycles.